The Balaban J connectivity index is 0.00000320. The third-order valence-corrected chi connectivity index (χ3v) is 5.61. The molecule has 1 aromatic heterocycles. The highest BCUT2D eigenvalue weighted by atomic mass is 127. The lowest BCUT2D eigenvalue weighted by molar-refractivity contribution is 0.267. The molecule has 1 fully saturated rings. The number of aliphatic imine (C=N–C) groups is 1. The van der Waals surface area contributed by atoms with Gasteiger partial charge in [0.05, 0.1) is 20.2 Å². The molecule has 1 unspecified atom stereocenters. The summed E-state index contributed by atoms with van der Waals surface area (Å²) in [6, 6.07) is 8.54. The molecule has 0 aliphatic carbocycles. The average molecular weight is 527 g/mol. The van der Waals surface area contributed by atoms with Crippen LogP contribution in [0.15, 0.2) is 29.3 Å². The maximum absolute atomic E-state index is 5.46. The van der Waals surface area contributed by atoms with E-state index >= 15 is 0 Å². The number of halogens is 1. The second-order valence-electron chi connectivity index (χ2n) is 7.36. The molecule has 0 saturated carbocycles. The van der Waals surface area contributed by atoms with Gasteiger partial charge in [-0.15, -0.1) is 34.2 Å². The Morgan fingerprint density at radius 1 is 1.27 bits per heavy atom. The summed E-state index contributed by atoms with van der Waals surface area (Å²) in [5, 5.41) is 15.3. The molecule has 3 rings (SSSR count). The lowest BCUT2D eigenvalue weighted by atomic mass is 10.2. The summed E-state index contributed by atoms with van der Waals surface area (Å²) in [4.78, 5) is 7.33. The summed E-state index contributed by atoms with van der Waals surface area (Å²) in [5.41, 5.74) is 1.06. The number of likely N-dealkylation sites (N-methyl/N-ethyl adjacent to an activating group) is 1. The molecule has 8 nitrogen and oxygen atoms in total. The van der Waals surface area contributed by atoms with Gasteiger partial charge in [0.1, 0.15) is 11.6 Å². The van der Waals surface area contributed by atoms with Crippen LogP contribution in [0.3, 0.4) is 0 Å². The monoisotopic (exact) mass is 527 g/mol. The maximum atomic E-state index is 5.46. The molecule has 9 heteroatoms. The average Bonchev–Trinajstić information content (AvgIpc) is 3.34. The van der Waals surface area contributed by atoms with Crippen LogP contribution in [0.1, 0.15) is 37.0 Å². The molecule has 1 aliphatic heterocycles. The first-order valence-corrected chi connectivity index (χ1v) is 10.3. The summed E-state index contributed by atoms with van der Waals surface area (Å²) in [6.45, 7) is 8.43. The number of nitrogens with zero attached hydrogens (tertiary/aromatic N) is 5. The van der Waals surface area contributed by atoms with Crippen molar-refractivity contribution in [3.05, 3.63) is 41.5 Å². The molecule has 0 radical (unpaired) electrons. The van der Waals surface area contributed by atoms with Gasteiger partial charge >= 0.3 is 0 Å². The number of aryl methyl sites for hydroxylation is 1. The molecule has 1 aromatic carbocycles. The third-order valence-electron chi connectivity index (χ3n) is 5.61. The predicted molar refractivity (Wildman–Crippen MR) is 130 cm³/mol. The van der Waals surface area contributed by atoms with E-state index in [0.717, 1.165) is 42.0 Å². The van der Waals surface area contributed by atoms with Crippen LogP contribution in [0.25, 0.3) is 0 Å². The van der Waals surface area contributed by atoms with E-state index in [-0.39, 0.29) is 24.0 Å². The Morgan fingerprint density at radius 2 is 2.07 bits per heavy atom. The number of hydrogen-bond donors (Lipinski definition) is 2. The SMILES string of the molecule is CCN1CCCC1CNC(=NCc1ccccc1OC)NCc1nnc(C)n1C.I. The van der Waals surface area contributed by atoms with E-state index in [1.807, 2.05) is 42.8 Å². The number of hydrogen-bond acceptors (Lipinski definition) is 5. The van der Waals surface area contributed by atoms with Crippen molar-refractivity contribution in [3.8, 4) is 5.75 Å². The second-order valence-corrected chi connectivity index (χ2v) is 7.36. The minimum Gasteiger partial charge on any atom is -0.496 e. The Kier molecular flexibility index (Phi) is 9.83. The van der Waals surface area contributed by atoms with Crippen LogP contribution in [0.4, 0.5) is 0 Å². The van der Waals surface area contributed by atoms with Gasteiger partial charge in [0.15, 0.2) is 11.8 Å². The van der Waals surface area contributed by atoms with E-state index in [0.29, 0.717) is 19.1 Å². The lowest BCUT2D eigenvalue weighted by Gasteiger charge is -2.24. The predicted octanol–water partition coefficient (Wildman–Crippen LogP) is 2.47. The number of likely N-dealkylation sites (tertiary alicyclic amines) is 1. The lowest BCUT2D eigenvalue weighted by Crippen LogP contribution is -2.44. The van der Waals surface area contributed by atoms with Crippen molar-refractivity contribution in [2.24, 2.45) is 12.0 Å². The standard InChI is InChI=1S/C21H33N7O.HI/c1-5-28-12-8-10-18(28)14-23-21(24-15-20-26-25-16(2)27(20)3)22-13-17-9-6-7-11-19(17)29-4;/h6-7,9,11,18H,5,8,10,12-15H2,1-4H3,(H2,22,23,24);1H. The van der Waals surface area contributed by atoms with Gasteiger partial charge in [-0.05, 0) is 38.9 Å². The van der Waals surface area contributed by atoms with Crippen LogP contribution in [0.2, 0.25) is 0 Å². The fourth-order valence-corrected chi connectivity index (χ4v) is 3.70. The van der Waals surface area contributed by atoms with Gasteiger partial charge in [-0.1, -0.05) is 25.1 Å². The first-order valence-electron chi connectivity index (χ1n) is 10.3. The summed E-state index contributed by atoms with van der Waals surface area (Å²) in [6.07, 6.45) is 2.49. The summed E-state index contributed by atoms with van der Waals surface area (Å²) >= 11 is 0. The van der Waals surface area contributed by atoms with E-state index in [2.05, 4.69) is 32.7 Å². The number of ether oxygens (including phenoxy) is 1. The summed E-state index contributed by atoms with van der Waals surface area (Å²) in [7, 11) is 3.67. The van der Waals surface area contributed by atoms with Gasteiger partial charge < -0.3 is 19.9 Å². The van der Waals surface area contributed by atoms with Crippen molar-refractivity contribution in [1.82, 2.24) is 30.3 Å². The quantitative estimate of drug-likeness (QED) is 0.312. The molecule has 2 N–H and O–H groups in total. The fourth-order valence-electron chi connectivity index (χ4n) is 3.70. The first-order chi connectivity index (χ1) is 14.1. The number of benzene rings is 1. The van der Waals surface area contributed by atoms with Crippen molar-refractivity contribution in [3.63, 3.8) is 0 Å². The Morgan fingerprint density at radius 3 is 2.77 bits per heavy atom. The molecule has 30 heavy (non-hydrogen) atoms. The van der Waals surface area contributed by atoms with Crippen molar-refractivity contribution in [2.75, 3.05) is 26.7 Å². The molecule has 1 saturated heterocycles. The van der Waals surface area contributed by atoms with Crippen LogP contribution in [0.5, 0.6) is 5.75 Å². The minimum atomic E-state index is 0. The van der Waals surface area contributed by atoms with Crippen LogP contribution in [-0.2, 0) is 20.1 Å². The van der Waals surface area contributed by atoms with Crippen LogP contribution in [-0.4, -0.2) is 58.4 Å². The smallest absolute Gasteiger partial charge is 0.192 e. The minimum absolute atomic E-state index is 0. The van der Waals surface area contributed by atoms with Gasteiger partial charge in [-0.3, -0.25) is 4.90 Å². The molecule has 1 atom stereocenters. The Labute approximate surface area is 196 Å². The van der Waals surface area contributed by atoms with Crippen LogP contribution >= 0.6 is 24.0 Å². The number of para-hydroxylation sites is 1. The number of aromatic nitrogens is 3. The molecule has 2 heterocycles. The molecule has 0 amide bonds. The van der Waals surface area contributed by atoms with E-state index in [4.69, 9.17) is 9.73 Å². The molecule has 166 valence electrons. The number of guanidine groups is 1. The highest BCUT2D eigenvalue weighted by Gasteiger charge is 2.22. The van der Waals surface area contributed by atoms with Gasteiger partial charge in [-0.2, -0.15) is 0 Å². The van der Waals surface area contributed by atoms with Crippen molar-refractivity contribution < 1.29 is 4.74 Å². The Hall–Kier alpha value is -1.88. The van der Waals surface area contributed by atoms with Crippen LogP contribution < -0.4 is 15.4 Å². The number of methoxy groups -OCH3 is 1. The Bertz CT molecular complexity index is 823. The van der Waals surface area contributed by atoms with Crippen molar-refractivity contribution in [1.29, 1.82) is 0 Å². The van der Waals surface area contributed by atoms with E-state index < -0.39 is 0 Å². The fraction of sp³-hybridized carbons (Fsp3) is 0.571. The zero-order valence-electron chi connectivity index (χ0n) is 18.4. The van der Waals surface area contributed by atoms with E-state index in [1.165, 1.54) is 19.4 Å². The van der Waals surface area contributed by atoms with Crippen molar-refractivity contribution >= 4 is 29.9 Å². The van der Waals surface area contributed by atoms with E-state index in [9.17, 15) is 0 Å². The van der Waals surface area contributed by atoms with Gasteiger partial charge in [0, 0.05) is 25.2 Å². The molecular weight excluding hydrogens is 493 g/mol. The summed E-state index contributed by atoms with van der Waals surface area (Å²) in [5.74, 6) is 3.41. The summed E-state index contributed by atoms with van der Waals surface area (Å²) < 4.78 is 7.44. The molecule has 2 aromatic rings. The number of rotatable bonds is 8. The van der Waals surface area contributed by atoms with Crippen LogP contribution in [0, 0.1) is 6.92 Å². The zero-order valence-corrected chi connectivity index (χ0v) is 20.7. The van der Waals surface area contributed by atoms with Gasteiger partial charge in [0.25, 0.3) is 0 Å². The highest BCUT2D eigenvalue weighted by Crippen LogP contribution is 2.18. The van der Waals surface area contributed by atoms with E-state index in [1.54, 1.807) is 7.11 Å². The number of nitrogens with one attached hydrogen (secondary N) is 2. The van der Waals surface area contributed by atoms with Crippen molar-refractivity contribution in [2.45, 2.75) is 45.8 Å². The topological polar surface area (TPSA) is 79.6 Å². The van der Waals surface area contributed by atoms with Gasteiger partial charge in [-0.25, -0.2) is 4.99 Å². The molecule has 1 aliphatic rings. The normalized spacial score (nSPS) is 16.9. The zero-order chi connectivity index (χ0) is 20.6. The molecule has 0 bridgehead atoms. The largest absolute Gasteiger partial charge is 0.496 e. The molecule has 0 spiro atoms. The maximum Gasteiger partial charge on any atom is 0.192 e. The van der Waals surface area contributed by atoms with Gasteiger partial charge in [0.2, 0.25) is 0 Å². The third kappa shape index (κ3) is 6.31. The highest BCUT2D eigenvalue weighted by molar-refractivity contribution is 14.0. The first kappa shape index (κ1) is 24.4. The second kappa shape index (κ2) is 12.1. The molecular formula is C21H34IN7O.